The molecule has 0 bridgehead atoms. The number of carbonyl (C=O) groups excluding carboxylic acids is 1. The minimum atomic E-state index is -0.852. The van der Waals surface area contributed by atoms with E-state index in [1.54, 1.807) is 18.0 Å². The van der Waals surface area contributed by atoms with Gasteiger partial charge in [0.05, 0.1) is 17.7 Å². The number of urea groups is 1. The Labute approximate surface area is 124 Å². The number of aromatic nitrogens is 1. The molecule has 2 rings (SSSR count). The van der Waals surface area contributed by atoms with Crippen LogP contribution in [0.15, 0.2) is 18.3 Å². The van der Waals surface area contributed by atoms with Crippen LogP contribution in [0.3, 0.4) is 0 Å². The summed E-state index contributed by atoms with van der Waals surface area (Å²) in [5.74, 6) is -0.852. The first-order chi connectivity index (χ1) is 9.94. The monoisotopic (exact) mass is 291 g/mol. The number of amides is 2. The number of carbonyl (C=O) groups is 2. The van der Waals surface area contributed by atoms with Gasteiger partial charge in [-0.25, -0.2) is 4.79 Å². The van der Waals surface area contributed by atoms with Crippen molar-refractivity contribution in [3.8, 4) is 0 Å². The highest BCUT2D eigenvalue weighted by molar-refractivity contribution is 5.79. The first kappa shape index (κ1) is 15.3. The lowest BCUT2D eigenvalue weighted by Gasteiger charge is -2.20. The van der Waals surface area contributed by atoms with Crippen LogP contribution in [0.4, 0.5) is 4.79 Å². The number of rotatable bonds is 4. The molecule has 0 aliphatic carbocycles. The summed E-state index contributed by atoms with van der Waals surface area (Å²) in [6, 6.07) is 3.68. The smallest absolute Gasteiger partial charge is 0.317 e. The Bertz CT molecular complexity index is 547. The van der Waals surface area contributed by atoms with E-state index in [0.717, 1.165) is 12.1 Å². The lowest BCUT2D eigenvalue weighted by atomic mass is 9.90. The molecule has 0 saturated carbocycles. The first-order valence-electron chi connectivity index (χ1n) is 7.14. The molecular formula is C15H21N3O3. The van der Waals surface area contributed by atoms with Crippen molar-refractivity contribution in [1.29, 1.82) is 0 Å². The molecule has 2 N–H and O–H groups in total. The zero-order valence-corrected chi connectivity index (χ0v) is 12.4. The summed E-state index contributed by atoms with van der Waals surface area (Å²) in [6.45, 7) is 4.81. The lowest BCUT2D eigenvalue weighted by molar-refractivity contribution is -0.146. The number of carboxylic acids is 1. The third kappa shape index (κ3) is 3.51. The van der Waals surface area contributed by atoms with Gasteiger partial charge in [-0.05, 0) is 37.5 Å². The van der Waals surface area contributed by atoms with Crippen molar-refractivity contribution in [3.05, 3.63) is 29.6 Å². The van der Waals surface area contributed by atoms with Crippen LogP contribution in [-0.4, -0.2) is 40.1 Å². The number of nitrogens with one attached hydrogen (secondary N) is 1. The van der Waals surface area contributed by atoms with Gasteiger partial charge in [0.1, 0.15) is 0 Å². The molecule has 1 aliphatic heterocycles. The molecule has 1 atom stereocenters. The fraction of sp³-hybridized carbons (Fsp3) is 0.533. The molecule has 2 heterocycles. The third-order valence-corrected chi connectivity index (χ3v) is 3.99. The van der Waals surface area contributed by atoms with Crippen molar-refractivity contribution in [3.63, 3.8) is 0 Å². The van der Waals surface area contributed by atoms with E-state index in [2.05, 4.69) is 17.2 Å². The average Bonchev–Trinajstić information content (AvgIpc) is 2.89. The predicted molar refractivity (Wildman–Crippen MR) is 77.8 cm³/mol. The molecule has 1 unspecified atom stereocenters. The second-order valence-electron chi connectivity index (χ2n) is 5.71. The maximum Gasteiger partial charge on any atom is 0.317 e. The Morgan fingerprint density at radius 3 is 2.90 bits per heavy atom. The molecule has 1 aliphatic rings. The number of hydrogen-bond acceptors (Lipinski definition) is 3. The zero-order valence-electron chi connectivity index (χ0n) is 12.4. The first-order valence-corrected chi connectivity index (χ1v) is 7.14. The summed E-state index contributed by atoms with van der Waals surface area (Å²) < 4.78 is 0. The van der Waals surface area contributed by atoms with Crippen LogP contribution in [-0.2, 0) is 17.8 Å². The maximum absolute atomic E-state index is 12.1. The lowest BCUT2D eigenvalue weighted by Crippen LogP contribution is -2.40. The molecule has 0 radical (unpaired) electrons. The van der Waals surface area contributed by atoms with Gasteiger partial charge >= 0.3 is 12.0 Å². The number of carboxylic acid groups (broad SMARTS) is 1. The molecule has 6 heteroatoms. The molecule has 1 aromatic heterocycles. The molecule has 1 aromatic rings. The van der Waals surface area contributed by atoms with Gasteiger partial charge in [-0.2, -0.15) is 0 Å². The second kappa shape index (κ2) is 6.11. The van der Waals surface area contributed by atoms with Gasteiger partial charge in [0.2, 0.25) is 0 Å². The van der Waals surface area contributed by atoms with Crippen LogP contribution in [0.2, 0.25) is 0 Å². The van der Waals surface area contributed by atoms with Gasteiger partial charge in [-0.1, -0.05) is 6.92 Å². The van der Waals surface area contributed by atoms with Crippen molar-refractivity contribution >= 4 is 12.0 Å². The summed E-state index contributed by atoms with van der Waals surface area (Å²) in [7, 11) is 0. The van der Waals surface area contributed by atoms with E-state index < -0.39 is 11.4 Å². The third-order valence-electron chi connectivity index (χ3n) is 3.99. The Morgan fingerprint density at radius 2 is 2.29 bits per heavy atom. The number of pyridine rings is 1. The quantitative estimate of drug-likeness (QED) is 0.883. The maximum atomic E-state index is 12.1. The molecular weight excluding hydrogens is 270 g/mol. The number of nitrogens with zero attached hydrogens (tertiary/aromatic N) is 2. The summed E-state index contributed by atoms with van der Waals surface area (Å²) in [6.07, 6.45) is 3.14. The molecule has 0 aromatic carbocycles. The Balaban J connectivity index is 1.89. The minimum Gasteiger partial charge on any atom is -0.481 e. The molecule has 114 valence electrons. The zero-order chi connectivity index (χ0) is 15.5. The molecule has 2 amide bonds. The number of hydrogen-bond donors (Lipinski definition) is 2. The van der Waals surface area contributed by atoms with Crippen molar-refractivity contribution in [2.45, 2.75) is 33.2 Å². The Kier molecular flexibility index (Phi) is 4.45. The fourth-order valence-corrected chi connectivity index (χ4v) is 2.43. The van der Waals surface area contributed by atoms with E-state index in [0.29, 0.717) is 19.5 Å². The van der Waals surface area contributed by atoms with Gasteiger partial charge in [-0.15, -0.1) is 0 Å². The van der Waals surface area contributed by atoms with Crippen molar-refractivity contribution in [2.75, 3.05) is 13.1 Å². The van der Waals surface area contributed by atoms with Crippen molar-refractivity contribution in [2.24, 2.45) is 5.41 Å². The predicted octanol–water partition coefficient (Wildman–Crippen LogP) is 1.65. The van der Waals surface area contributed by atoms with E-state index in [-0.39, 0.29) is 12.6 Å². The summed E-state index contributed by atoms with van der Waals surface area (Å²) >= 11 is 0. The van der Waals surface area contributed by atoms with Gasteiger partial charge in [0, 0.05) is 19.3 Å². The average molecular weight is 291 g/mol. The molecule has 1 saturated heterocycles. The van der Waals surface area contributed by atoms with E-state index in [4.69, 9.17) is 5.11 Å². The highest BCUT2D eigenvalue weighted by atomic mass is 16.4. The van der Waals surface area contributed by atoms with Crippen LogP contribution in [0, 0.1) is 5.41 Å². The molecule has 1 fully saturated rings. The van der Waals surface area contributed by atoms with Gasteiger partial charge < -0.3 is 15.3 Å². The number of aliphatic carboxylic acids is 1. The van der Waals surface area contributed by atoms with E-state index >= 15 is 0 Å². The standard InChI is InChI=1S/C15H21N3O3/c1-3-11-4-6-16-12(8-11)9-17-14(21)18-7-5-15(2,10-18)13(19)20/h4,6,8H,3,5,7,9-10H2,1-2H3,(H,17,21)(H,19,20). The van der Waals surface area contributed by atoms with E-state index in [1.165, 1.54) is 5.56 Å². The fourth-order valence-electron chi connectivity index (χ4n) is 2.43. The minimum absolute atomic E-state index is 0.233. The van der Waals surface area contributed by atoms with Gasteiger partial charge in [-0.3, -0.25) is 9.78 Å². The van der Waals surface area contributed by atoms with Crippen molar-refractivity contribution < 1.29 is 14.7 Å². The highest BCUT2D eigenvalue weighted by Crippen LogP contribution is 2.29. The summed E-state index contributed by atoms with van der Waals surface area (Å²) in [4.78, 5) is 29.0. The largest absolute Gasteiger partial charge is 0.481 e. The van der Waals surface area contributed by atoms with E-state index in [9.17, 15) is 9.59 Å². The second-order valence-corrected chi connectivity index (χ2v) is 5.71. The SMILES string of the molecule is CCc1ccnc(CNC(=O)N2CCC(C)(C(=O)O)C2)c1. The number of likely N-dealkylation sites (tertiary alicyclic amines) is 1. The molecule has 21 heavy (non-hydrogen) atoms. The van der Waals surface area contributed by atoms with Crippen LogP contribution in [0.1, 0.15) is 31.5 Å². The van der Waals surface area contributed by atoms with Gasteiger partial charge in [0.15, 0.2) is 0 Å². The van der Waals surface area contributed by atoms with Crippen molar-refractivity contribution in [1.82, 2.24) is 15.2 Å². The van der Waals surface area contributed by atoms with Crippen LogP contribution >= 0.6 is 0 Å². The highest BCUT2D eigenvalue weighted by Gasteiger charge is 2.42. The Morgan fingerprint density at radius 1 is 1.52 bits per heavy atom. The topological polar surface area (TPSA) is 82.5 Å². The van der Waals surface area contributed by atoms with Crippen LogP contribution in [0.5, 0.6) is 0 Å². The Hall–Kier alpha value is -2.11. The summed E-state index contributed by atoms with van der Waals surface area (Å²) in [5.41, 5.74) is 1.15. The van der Waals surface area contributed by atoms with Crippen LogP contribution in [0.25, 0.3) is 0 Å². The van der Waals surface area contributed by atoms with E-state index in [1.807, 2.05) is 12.1 Å². The molecule has 0 spiro atoms. The normalized spacial score (nSPS) is 21.3. The number of aryl methyl sites for hydroxylation is 1. The van der Waals surface area contributed by atoms with Gasteiger partial charge in [0.25, 0.3) is 0 Å². The molecule has 6 nitrogen and oxygen atoms in total. The summed E-state index contributed by atoms with van der Waals surface area (Å²) in [5, 5.41) is 12.0. The van der Waals surface area contributed by atoms with Crippen LogP contribution < -0.4 is 5.32 Å².